The molecule has 0 saturated carbocycles. The van der Waals surface area contributed by atoms with Crippen LogP contribution in [-0.2, 0) is 14.3 Å². The van der Waals surface area contributed by atoms with E-state index in [2.05, 4.69) is 10.3 Å². The van der Waals surface area contributed by atoms with E-state index >= 15 is 0 Å². The molecule has 1 fully saturated rings. The summed E-state index contributed by atoms with van der Waals surface area (Å²) in [5, 5.41) is 4.72. The van der Waals surface area contributed by atoms with Crippen LogP contribution in [0.1, 0.15) is 38.8 Å². The van der Waals surface area contributed by atoms with Crippen molar-refractivity contribution in [3.05, 3.63) is 71.8 Å². The molecule has 14 nitrogen and oxygen atoms in total. The fraction of sp³-hybridized carbons (Fsp3) is 0.429. The number of ether oxygens (including phenoxy) is 4. The number of carbonyl (C=O) groups excluding carboxylic acids is 2. The van der Waals surface area contributed by atoms with Crippen LogP contribution < -0.4 is 25.3 Å². The van der Waals surface area contributed by atoms with E-state index in [9.17, 15) is 9.59 Å². The zero-order valence-electron chi connectivity index (χ0n) is 29.1. The molecule has 262 valence electrons. The van der Waals surface area contributed by atoms with E-state index in [0.717, 1.165) is 16.9 Å². The molecular weight excluding hydrogens is 628 g/mol. The van der Waals surface area contributed by atoms with Crippen LogP contribution in [0.3, 0.4) is 0 Å². The van der Waals surface area contributed by atoms with Gasteiger partial charge < -0.3 is 29.6 Å². The van der Waals surface area contributed by atoms with Crippen LogP contribution in [-0.4, -0.2) is 94.6 Å². The molecule has 3 heterocycles. The van der Waals surface area contributed by atoms with Crippen molar-refractivity contribution in [2.45, 2.75) is 47.1 Å². The second-order valence-electron chi connectivity index (χ2n) is 12.7. The van der Waals surface area contributed by atoms with Crippen LogP contribution in [0, 0.1) is 13.8 Å². The number of amides is 1. The molecule has 0 atom stereocenters. The maximum atomic E-state index is 12.5. The summed E-state index contributed by atoms with van der Waals surface area (Å²) in [6, 6.07) is 19.3. The van der Waals surface area contributed by atoms with Crippen LogP contribution >= 0.6 is 0 Å². The van der Waals surface area contributed by atoms with E-state index in [1.54, 1.807) is 21.3 Å². The molecule has 0 spiro atoms. The summed E-state index contributed by atoms with van der Waals surface area (Å²) < 4.78 is 26.5. The molecule has 4 aromatic rings. The van der Waals surface area contributed by atoms with Crippen molar-refractivity contribution in [3.63, 3.8) is 0 Å². The van der Waals surface area contributed by atoms with Gasteiger partial charge in [-0.15, -0.1) is 9.78 Å². The number of esters is 1. The van der Waals surface area contributed by atoms with Gasteiger partial charge >= 0.3 is 12.1 Å². The van der Waals surface area contributed by atoms with Crippen molar-refractivity contribution >= 4 is 23.7 Å². The molecular formula is C35H47N8O6+. The summed E-state index contributed by atoms with van der Waals surface area (Å²) in [6.45, 7) is 14.7. The number of benzene rings is 2. The third kappa shape index (κ3) is 8.44. The summed E-state index contributed by atoms with van der Waals surface area (Å²) in [6.07, 6.45) is -0.289. The molecule has 0 unspecified atom stereocenters. The molecule has 5 rings (SSSR count). The fourth-order valence-corrected chi connectivity index (χ4v) is 5.40. The summed E-state index contributed by atoms with van der Waals surface area (Å²) in [7, 11) is 0. The van der Waals surface area contributed by atoms with Gasteiger partial charge in [-0.3, -0.25) is 4.90 Å². The minimum Gasteiger partial charge on any atom is -0.473 e. The van der Waals surface area contributed by atoms with Gasteiger partial charge in [-0.25, -0.2) is 9.59 Å². The Kier molecular flexibility index (Phi) is 11.0. The Hall–Kier alpha value is -5.24. The Bertz CT molecular complexity index is 1720. The molecule has 0 radical (unpaired) electrons. The maximum Gasteiger partial charge on any atom is 0.410 e. The lowest BCUT2D eigenvalue weighted by Gasteiger charge is -2.35. The van der Waals surface area contributed by atoms with E-state index in [1.807, 2.05) is 100.0 Å². The topological polar surface area (TPSA) is 142 Å². The first-order valence-corrected chi connectivity index (χ1v) is 16.5. The maximum absolute atomic E-state index is 12.5. The monoisotopic (exact) mass is 675 g/mol. The van der Waals surface area contributed by atoms with Gasteiger partial charge in [-0.1, -0.05) is 41.2 Å². The first-order chi connectivity index (χ1) is 23.5. The van der Waals surface area contributed by atoms with Gasteiger partial charge in [-0.2, -0.15) is 10.1 Å². The van der Waals surface area contributed by atoms with Crippen molar-refractivity contribution in [3.8, 4) is 23.1 Å². The van der Waals surface area contributed by atoms with E-state index in [1.165, 1.54) is 0 Å². The molecule has 2 aromatic heterocycles. The molecule has 1 saturated heterocycles. The molecule has 14 heteroatoms. The molecule has 49 heavy (non-hydrogen) atoms. The SMILES string of the molecule is CCOC(=O)COc1nn(-c2ccccc2)c(Nn2c(OCCN3CCN(C(=O)OC(C)(C)C)CC3)c(C)c(N)[n+]2-c2ccccc2)c1C. The Morgan fingerprint density at radius 2 is 1.59 bits per heavy atom. The second kappa shape index (κ2) is 15.3. The lowest BCUT2D eigenvalue weighted by molar-refractivity contribution is -0.666. The molecule has 0 bridgehead atoms. The summed E-state index contributed by atoms with van der Waals surface area (Å²) in [5.41, 5.74) is 12.7. The standard InChI is InChI=1S/C35H46N8O6/c1-7-46-29(44)24-48-32-26(3)31(41(38-32)27-14-10-8-11-15-27)37-43-33(25(2)30(36)42(43)28-16-12-9-13-17-28)47-23-22-39-18-20-40(21-19-39)34(45)49-35(4,5)6/h8-17,36H,7,18-24H2,1-6H3,(H,37,38)/p+1. The van der Waals surface area contributed by atoms with Crippen molar-refractivity contribution in [2.75, 3.05) is 63.7 Å². The molecule has 2 aromatic carbocycles. The Labute approximate surface area is 286 Å². The van der Waals surface area contributed by atoms with Crippen molar-refractivity contribution < 1.29 is 33.2 Å². The number of rotatable bonds is 12. The Morgan fingerprint density at radius 1 is 0.939 bits per heavy atom. The third-order valence-electron chi connectivity index (χ3n) is 7.92. The zero-order chi connectivity index (χ0) is 35.1. The molecule has 0 aliphatic carbocycles. The number of anilines is 2. The van der Waals surface area contributed by atoms with E-state index in [-0.39, 0.29) is 25.2 Å². The van der Waals surface area contributed by atoms with E-state index < -0.39 is 11.6 Å². The third-order valence-corrected chi connectivity index (χ3v) is 7.92. The number of nitrogens with one attached hydrogen (secondary N) is 1. The Balaban J connectivity index is 1.42. The van der Waals surface area contributed by atoms with Crippen molar-refractivity contribution in [1.82, 2.24) is 24.4 Å². The summed E-state index contributed by atoms with van der Waals surface area (Å²) in [4.78, 5) is 30.4. The average molecular weight is 676 g/mol. The predicted octanol–water partition coefficient (Wildman–Crippen LogP) is 3.90. The Morgan fingerprint density at radius 3 is 2.22 bits per heavy atom. The lowest BCUT2D eigenvalue weighted by atomic mass is 10.2. The highest BCUT2D eigenvalue weighted by Gasteiger charge is 2.30. The van der Waals surface area contributed by atoms with E-state index in [4.69, 9.17) is 29.8 Å². The minimum absolute atomic E-state index is 0.255. The van der Waals surface area contributed by atoms with Gasteiger partial charge in [0.05, 0.1) is 23.4 Å². The van der Waals surface area contributed by atoms with Crippen molar-refractivity contribution in [1.29, 1.82) is 0 Å². The average Bonchev–Trinajstić information content (AvgIpc) is 3.52. The number of piperazine rings is 1. The highest BCUT2D eigenvalue weighted by Crippen LogP contribution is 2.31. The highest BCUT2D eigenvalue weighted by atomic mass is 16.6. The summed E-state index contributed by atoms with van der Waals surface area (Å²) in [5.74, 6) is 1.37. The largest absolute Gasteiger partial charge is 0.473 e. The number of aromatic nitrogens is 4. The van der Waals surface area contributed by atoms with Crippen LogP contribution in [0.15, 0.2) is 60.7 Å². The van der Waals surface area contributed by atoms with Gasteiger partial charge in [0.15, 0.2) is 6.61 Å². The van der Waals surface area contributed by atoms with Gasteiger partial charge in [0.2, 0.25) is 11.7 Å². The minimum atomic E-state index is -0.532. The number of carbonyl (C=O) groups is 2. The smallest absolute Gasteiger partial charge is 0.410 e. The molecule has 1 aliphatic rings. The first kappa shape index (κ1) is 35.1. The van der Waals surface area contributed by atoms with Gasteiger partial charge in [0.1, 0.15) is 17.9 Å². The van der Waals surface area contributed by atoms with Gasteiger partial charge in [-0.05, 0) is 65.8 Å². The van der Waals surface area contributed by atoms with Gasteiger partial charge in [0.25, 0.3) is 11.7 Å². The molecule has 1 aliphatic heterocycles. The number of para-hydroxylation sites is 2. The number of hydrogen-bond donors (Lipinski definition) is 2. The fourth-order valence-electron chi connectivity index (χ4n) is 5.40. The quantitative estimate of drug-likeness (QED) is 0.168. The number of nitrogen functional groups attached to an aromatic ring is 1. The lowest BCUT2D eigenvalue weighted by Crippen LogP contribution is -2.50. The second-order valence-corrected chi connectivity index (χ2v) is 12.7. The number of nitrogens with zero attached hydrogens (tertiary/aromatic N) is 6. The number of hydrogen-bond acceptors (Lipinski definition) is 10. The predicted molar refractivity (Wildman–Crippen MR) is 184 cm³/mol. The van der Waals surface area contributed by atoms with E-state index in [0.29, 0.717) is 62.4 Å². The van der Waals surface area contributed by atoms with Crippen LogP contribution in [0.2, 0.25) is 0 Å². The molecule has 1 amide bonds. The van der Waals surface area contributed by atoms with Crippen LogP contribution in [0.5, 0.6) is 11.8 Å². The normalized spacial score (nSPS) is 13.6. The number of nitrogens with two attached hydrogens (primary N) is 1. The highest BCUT2D eigenvalue weighted by molar-refractivity contribution is 5.71. The molecule has 3 N–H and O–H groups in total. The summed E-state index contributed by atoms with van der Waals surface area (Å²) >= 11 is 0. The van der Waals surface area contributed by atoms with Crippen LogP contribution in [0.25, 0.3) is 11.4 Å². The van der Waals surface area contributed by atoms with Gasteiger partial charge in [0, 0.05) is 32.7 Å². The van der Waals surface area contributed by atoms with Crippen molar-refractivity contribution in [2.24, 2.45) is 0 Å². The van der Waals surface area contributed by atoms with Crippen LogP contribution in [0.4, 0.5) is 16.4 Å². The first-order valence-electron chi connectivity index (χ1n) is 16.5. The zero-order valence-corrected chi connectivity index (χ0v) is 29.1.